The first-order valence-electron chi connectivity index (χ1n) is 5.78. The van der Waals surface area contributed by atoms with Gasteiger partial charge in [0, 0.05) is 43.5 Å². The van der Waals surface area contributed by atoms with Gasteiger partial charge in [0.05, 0.1) is 6.33 Å². The van der Waals surface area contributed by atoms with Crippen LogP contribution in [-0.4, -0.2) is 56.2 Å². The Morgan fingerprint density at radius 2 is 2.41 bits per heavy atom. The maximum Gasteiger partial charge on any atom is 0.321 e. The third-order valence-corrected chi connectivity index (χ3v) is 3.97. The molecule has 0 radical (unpaired) electrons. The number of carboxylic acids is 1. The first-order valence-corrected chi connectivity index (χ1v) is 6.93. The van der Waals surface area contributed by atoms with Crippen LogP contribution in [0.4, 0.5) is 0 Å². The Balaban J connectivity index is 1.78. The maximum atomic E-state index is 11.1. The summed E-state index contributed by atoms with van der Waals surface area (Å²) in [6.07, 6.45) is 6.45. The van der Waals surface area contributed by atoms with Gasteiger partial charge in [0.2, 0.25) is 0 Å². The van der Waals surface area contributed by atoms with Crippen molar-refractivity contribution in [2.75, 3.05) is 24.6 Å². The van der Waals surface area contributed by atoms with Gasteiger partial charge in [-0.15, -0.1) is 0 Å². The molecule has 2 heterocycles. The summed E-state index contributed by atoms with van der Waals surface area (Å²) < 4.78 is 2.02. The molecule has 0 aliphatic carbocycles. The molecule has 1 unspecified atom stereocenters. The molecule has 1 N–H and O–H groups in total. The molecule has 0 saturated carbocycles. The standard InChI is InChI=1S/C11H17N3O2S/c15-11(16)10-8-17-7-6-14(10)4-1-3-13-5-2-12-9-13/h2,5,9-10H,1,3-4,6-8H2,(H,15,16). The number of thioether (sulfide) groups is 1. The van der Waals surface area contributed by atoms with Crippen molar-refractivity contribution >= 4 is 17.7 Å². The number of aliphatic carboxylic acids is 1. The van der Waals surface area contributed by atoms with Gasteiger partial charge >= 0.3 is 5.97 Å². The zero-order chi connectivity index (χ0) is 12.1. The fourth-order valence-electron chi connectivity index (χ4n) is 2.01. The number of imidazole rings is 1. The summed E-state index contributed by atoms with van der Waals surface area (Å²) in [7, 11) is 0. The minimum atomic E-state index is -0.695. The highest BCUT2D eigenvalue weighted by molar-refractivity contribution is 7.99. The van der Waals surface area contributed by atoms with Crippen LogP contribution in [0.5, 0.6) is 0 Å². The highest BCUT2D eigenvalue weighted by Gasteiger charge is 2.27. The van der Waals surface area contributed by atoms with Crippen LogP contribution in [0.1, 0.15) is 6.42 Å². The molecule has 0 aromatic carbocycles. The maximum absolute atomic E-state index is 11.1. The SMILES string of the molecule is O=C(O)C1CSCCN1CCCn1ccnc1. The third kappa shape index (κ3) is 3.47. The number of aryl methyl sites for hydroxylation is 1. The van der Waals surface area contributed by atoms with Crippen molar-refractivity contribution in [3.8, 4) is 0 Å². The highest BCUT2D eigenvalue weighted by atomic mass is 32.2. The van der Waals surface area contributed by atoms with E-state index in [4.69, 9.17) is 5.11 Å². The van der Waals surface area contributed by atoms with E-state index in [0.29, 0.717) is 5.75 Å². The second-order valence-corrected chi connectivity index (χ2v) is 5.27. The number of hydrogen-bond acceptors (Lipinski definition) is 4. The molecule has 1 aromatic heterocycles. The summed E-state index contributed by atoms with van der Waals surface area (Å²) in [5.41, 5.74) is 0. The number of carbonyl (C=O) groups is 1. The minimum Gasteiger partial charge on any atom is -0.480 e. The van der Waals surface area contributed by atoms with Crippen molar-refractivity contribution in [2.24, 2.45) is 0 Å². The molecule has 6 heteroatoms. The Bertz CT molecular complexity index is 356. The predicted molar refractivity (Wildman–Crippen MR) is 67.2 cm³/mol. The van der Waals surface area contributed by atoms with Crippen LogP contribution in [0.2, 0.25) is 0 Å². The Morgan fingerprint density at radius 3 is 3.12 bits per heavy atom. The molecule has 1 atom stereocenters. The van der Waals surface area contributed by atoms with Gasteiger partial charge in [-0.2, -0.15) is 11.8 Å². The van der Waals surface area contributed by atoms with Gasteiger partial charge in [-0.05, 0) is 6.42 Å². The molecule has 1 saturated heterocycles. The monoisotopic (exact) mass is 255 g/mol. The van der Waals surface area contributed by atoms with Crippen molar-refractivity contribution in [3.63, 3.8) is 0 Å². The lowest BCUT2D eigenvalue weighted by molar-refractivity contribution is -0.142. The van der Waals surface area contributed by atoms with E-state index in [1.807, 2.05) is 10.8 Å². The lowest BCUT2D eigenvalue weighted by atomic mass is 10.2. The lowest BCUT2D eigenvalue weighted by Gasteiger charge is -2.32. The van der Waals surface area contributed by atoms with E-state index in [1.54, 1.807) is 24.3 Å². The summed E-state index contributed by atoms with van der Waals surface area (Å²) >= 11 is 1.73. The van der Waals surface area contributed by atoms with Crippen LogP contribution < -0.4 is 0 Å². The van der Waals surface area contributed by atoms with Crippen molar-refractivity contribution < 1.29 is 9.90 Å². The van der Waals surface area contributed by atoms with Crippen LogP contribution in [0, 0.1) is 0 Å². The quantitative estimate of drug-likeness (QED) is 0.842. The molecule has 17 heavy (non-hydrogen) atoms. The highest BCUT2D eigenvalue weighted by Crippen LogP contribution is 2.16. The Labute approximate surface area is 105 Å². The third-order valence-electron chi connectivity index (χ3n) is 2.95. The summed E-state index contributed by atoms with van der Waals surface area (Å²) in [4.78, 5) is 17.1. The van der Waals surface area contributed by atoms with Gasteiger partial charge in [-0.3, -0.25) is 9.69 Å². The van der Waals surface area contributed by atoms with Gasteiger partial charge in [-0.25, -0.2) is 4.98 Å². The Kier molecular flexibility index (Phi) is 4.44. The average Bonchev–Trinajstić information content (AvgIpc) is 2.82. The number of nitrogens with zero attached hydrogens (tertiary/aromatic N) is 3. The zero-order valence-corrected chi connectivity index (χ0v) is 10.5. The number of rotatable bonds is 5. The van der Waals surface area contributed by atoms with Crippen LogP contribution in [0.25, 0.3) is 0 Å². The smallest absolute Gasteiger partial charge is 0.321 e. The number of hydrogen-bond donors (Lipinski definition) is 1. The lowest BCUT2D eigenvalue weighted by Crippen LogP contribution is -2.47. The van der Waals surface area contributed by atoms with Crippen LogP contribution in [0.3, 0.4) is 0 Å². The van der Waals surface area contributed by atoms with Crippen molar-refractivity contribution in [3.05, 3.63) is 18.7 Å². The largest absolute Gasteiger partial charge is 0.480 e. The summed E-state index contributed by atoms with van der Waals surface area (Å²) in [6, 6.07) is -0.309. The van der Waals surface area contributed by atoms with Gasteiger partial charge in [0.25, 0.3) is 0 Å². The molecule has 0 spiro atoms. The van der Waals surface area contributed by atoms with Crippen molar-refractivity contribution in [2.45, 2.75) is 19.0 Å². The summed E-state index contributed by atoms with van der Waals surface area (Å²) in [6.45, 7) is 2.62. The number of carboxylic acid groups (broad SMARTS) is 1. The molecule has 2 rings (SSSR count). The van der Waals surface area contributed by atoms with E-state index in [1.165, 1.54) is 0 Å². The molecular weight excluding hydrogens is 238 g/mol. The fraction of sp³-hybridized carbons (Fsp3) is 0.636. The molecule has 0 bridgehead atoms. The van der Waals surface area contributed by atoms with Gasteiger partial charge < -0.3 is 9.67 Å². The normalized spacial score (nSPS) is 21.5. The molecule has 1 aromatic rings. The molecule has 0 amide bonds. The molecule has 5 nitrogen and oxygen atoms in total. The minimum absolute atomic E-state index is 0.309. The van der Waals surface area contributed by atoms with E-state index in [0.717, 1.165) is 31.8 Å². The first kappa shape index (κ1) is 12.4. The van der Waals surface area contributed by atoms with E-state index in [-0.39, 0.29) is 6.04 Å². The van der Waals surface area contributed by atoms with Gasteiger partial charge in [0.15, 0.2) is 0 Å². The topological polar surface area (TPSA) is 58.4 Å². The van der Waals surface area contributed by atoms with E-state index in [2.05, 4.69) is 9.88 Å². The second-order valence-electron chi connectivity index (χ2n) is 4.12. The Hall–Kier alpha value is -1.01. The predicted octanol–water partition coefficient (Wildman–Crippen LogP) is 0.775. The van der Waals surface area contributed by atoms with Crippen LogP contribution in [0.15, 0.2) is 18.7 Å². The Morgan fingerprint density at radius 1 is 1.53 bits per heavy atom. The molecule has 1 fully saturated rings. The first-order chi connectivity index (χ1) is 8.27. The van der Waals surface area contributed by atoms with Crippen molar-refractivity contribution in [1.82, 2.24) is 14.5 Å². The van der Waals surface area contributed by atoms with Crippen molar-refractivity contribution in [1.29, 1.82) is 0 Å². The summed E-state index contributed by atoms with van der Waals surface area (Å²) in [5.74, 6) is 1.05. The van der Waals surface area contributed by atoms with Crippen LogP contribution >= 0.6 is 11.8 Å². The van der Waals surface area contributed by atoms with Gasteiger partial charge in [0.1, 0.15) is 6.04 Å². The average molecular weight is 255 g/mol. The summed E-state index contributed by atoms with van der Waals surface area (Å²) in [5, 5.41) is 9.12. The van der Waals surface area contributed by atoms with E-state index >= 15 is 0 Å². The second kappa shape index (κ2) is 6.07. The van der Waals surface area contributed by atoms with Crippen LogP contribution in [-0.2, 0) is 11.3 Å². The zero-order valence-electron chi connectivity index (χ0n) is 9.66. The molecule has 94 valence electrons. The molecule has 1 aliphatic rings. The fourth-order valence-corrected chi connectivity index (χ4v) is 3.12. The van der Waals surface area contributed by atoms with Gasteiger partial charge in [-0.1, -0.05) is 0 Å². The molecule has 1 aliphatic heterocycles. The van der Waals surface area contributed by atoms with E-state index in [9.17, 15) is 4.79 Å². The van der Waals surface area contributed by atoms with E-state index < -0.39 is 5.97 Å². The molecular formula is C11H17N3O2S. The number of aromatic nitrogens is 2.